The Bertz CT molecular complexity index is 740. The van der Waals surface area contributed by atoms with E-state index < -0.39 is 5.82 Å². The normalized spacial score (nSPS) is 12.4. The molecule has 3 nitrogen and oxygen atoms in total. The lowest BCUT2D eigenvalue weighted by atomic mass is 10.1. The first kappa shape index (κ1) is 13.9. The van der Waals surface area contributed by atoms with Gasteiger partial charge in [-0.25, -0.2) is 4.39 Å². The largest absolute Gasteiger partial charge is 0.493 e. The molecule has 0 radical (unpaired) electrons. The van der Waals surface area contributed by atoms with Crippen molar-refractivity contribution in [3.8, 4) is 17.6 Å². The highest BCUT2D eigenvalue weighted by atomic mass is 79.9. The van der Waals surface area contributed by atoms with Crippen LogP contribution in [0, 0.1) is 17.1 Å². The highest BCUT2D eigenvalue weighted by Crippen LogP contribution is 2.33. The Labute approximate surface area is 130 Å². The van der Waals surface area contributed by atoms with E-state index in [4.69, 9.17) is 14.7 Å². The van der Waals surface area contributed by atoms with Crippen LogP contribution in [0.15, 0.2) is 34.8 Å². The summed E-state index contributed by atoms with van der Waals surface area (Å²) in [7, 11) is 0. The molecule has 1 heterocycles. The maximum Gasteiger partial charge on any atom is 0.144 e. The molecular weight excluding hydrogens is 337 g/mol. The lowest BCUT2D eigenvalue weighted by Gasteiger charge is -2.11. The van der Waals surface area contributed by atoms with Gasteiger partial charge in [0.25, 0.3) is 0 Å². The minimum atomic E-state index is -0.578. The van der Waals surface area contributed by atoms with Gasteiger partial charge in [-0.3, -0.25) is 0 Å². The van der Waals surface area contributed by atoms with Gasteiger partial charge in [-0.1, -0.05) is 15.9 Å². The first-order chi connectivity index (χ1) is 10.2. The molecule has 5 heteroatoms. The number of nitriles is 1. The molecule has 2 aromatic rings. The summed E-state index contributed by atoms with van der Waals surface area (Å²) < 4.78 is 25.7. The molecule has 0 unspecified atom stereocenters. The average Bonchev–Trinajstić information content (AvgIpc) is 2.93. The van der Waals surface area contributed by atoms with Gasteiger partial charge in [0, 0.05) is 22.5 Å². The third kappa shape index (κ3) is 2.86. The SMILES string of the molecule is N#Cc1ccc(OCc2cc(Br)cc3c2OCC3)cc1F. The Morgan fingerprint density at radius 1 is 1.33 bits per heavy atom. The molecular formula is C16H11BrFNO2. The van der Waals surface area contributed by atoms with Crippen LogP contribution in [0.4, 0.5) is 4.39 Å². The van der Waals surface area contributed by atoms with Gasteiger partial charge >= 0.3 is 0 Å². The van der Waals surface area contributed by atoms with Crippen molar-refractivity contribution in [2.24, 2.45) is 0 Å². The van der Waals surface area contributed by atoms with Gasteiger partial charge in [-0.2, -0.15) is 5.26 Å². The fourth-order valence-electron chi connectivity index (χ4n) is 2.29. The van der Waals surface area contributed by atoms with Crippen LogP contribution in [-0.4, -0.2) is 6.61 Å². The smallest absolute Gasteiger partial charge is 0.144 e. The van der Waals surface area contributed by atoms with Crippen LogP contribution in [0.1, 0.15) is 16.7 Å². The summed E-state index contributed by atoms with van der Waals surface area (Å²) in [6, 6.07) is 9.96. The predicted molar refractivity (Wildman–Crippen MR) is 78.8 cm³/mol. The number of fused-ring (bicyclic) bond motifs is 1. The summed E-state index contributed by atoms with van der Waals surface area (Å²) in [5.41, 5.74) is 2.07. The molecule has 0 saturated carbocycles. The fraction of sp³-hybridized carbons (Fsp3) is 0.188. The molecule has 0 spiro atoms. The van der Waals surface area contributed by atoms with Crippen molar-refractivity contribution in [1.82, 2.24) is 0 Å². The Balaban J connectivity index is 1.80. The van der Waals surface area contributed by atoms with Gasteiger partial charge in [0.2, 0.25) is 0 Å². The summed E-state index contributed by atoms with van der Waals surface area (Å²) in [6.45, 7) is 0.956. The minimum absolute atomic E-state index is 0.00836. The molecule has 1 aliphatic heterocycles. The zero-order chi connectivity index (χ0) is 14.8. The van der Waals surface area contributed by atoms with Crippen molar-refractivity contribution in [3.05, 3.63) is 57.3 Å². The van der Waals surface area contributed by atoms with Gasteiger partial charge in [0.1, 0.15) is 30.0 Å². The van der Waals surface area contributed by atoms with Crippen molar-refractivity contribution >= 4 is 15.9 Å². The highest BCUT2D eigenvalue weighted by Gasteiger charge is 2.18. The van der Waals surface area contributed by atoms with Crippen molar-refractivity contribution in [1.29, 1.82) is 5.26 Å². The molecule has 3 rings (SSSR count). The number of benzene rings is 2. The predicted octanol–water partition coefficient (Wildman–Crippen LogP) is 3.97. The highest BCUT2D eigenvalue weighted by molar-refractivity contribution is 9.10. The number of hydrogen-bond donors (Lipinski definition) is 0. The standard InChI is InChI=1S/C16H11BrFNO2/c17-13-5-10-3-4-20-16(10)12(6-13)9-21-14-2-1-11(8-19)15(18)7-14/h1-2,5-7H,3-4,9H2. The van der Waals surface area contributed by atoms with E-state index in [-0.39, 0.29) is 12.2 Å². The Hall–Kier alpha value is -2.06. The molecule has 0 fully saturated rings. The Morgan fingerprint density at radius 2 is 2.19 bits per heavy atom. The van der Waals surface area contributed by atoms with E-state index in [1.807, 2.05) is 12.1 Å². The van der Waals surface area contributed by atoms with Crippen LogP contribution < -0.4 is 9.47 Å². The second-order valence-corrected chi connectivity index (χ2v) is 5.61. The second-order valence-electron chi connectivity index (χ2n) is 4.69. The van der Waals surface area contributed by atoms with Crippen molar-refractivity contribution in [2.45, 2.75) is 13.0 Å². The number of ether oxygens (including phenoxy) is 2. The lowest BCUT2D eigenvalue weighted by Crippen LogP contribution is -1.99. The summed E-state index contributed by atoms with van der Waals surface area (Å²) in [5.74, 6) is 0.663. The monoisotopic (exact) mass is 347 g/mol. The Morgan fingerprint density at radius 3 is 2.95 bits per heavy atom. The van der Waals surface area contributed by atoms with Crippen LogP contribution in [0.2, 0.25) is 0 Å². The van der Waals surface area contributed by atoms with E-state index in [0.29, 0.717) is 12.4 Å². The van der Waals surface area contributed by atoms with E-state index in [1.165, 1.54) is 12.1 Å². The average molecular weight is 348 g/mol. The third-order valence-electron chi connectivity index (χ3n) is 3.28. The van der Waals surface area contributed by atoms with E-state index >= 15 is 0 Å². The minimum Gasteiger partial charge on any atom is -0.493 e. The summed E-state index contributed by atoms with van der Waals surface area (Å²) in [4.78, 5) is 0. The third-order valence-corrected chi connectivity index (χ3v) is 3.74. The maximum atomic E-state index is 13.5. The van der Waals surface area contributed by atoms with E-state index in [9.17, 15) is 4.39 Å². The quantitative estimate of drug-likeness (QED) is 0.843. The van der Waals surface area contributed by atoms with E-state index in [1.54, 1.807) is 12.1 Å². The molecule has 2 aromatic carbocycles. The lowest BCUT2D eigenvalue weighted by molar-refractivity contribution is 0.290. The van der Waals surface area contributed by atoms with Crippen LogP contribution >= 0.6 is 15.9 Å². The second kappa shape index (κ2) is 5.74. The number of halogens is 2. The van der Waals surface area contributed by atoms with Crippen molar-refractivity contribution in [2.75, 3.05) is 6.61 Å². The van der Waals surface area contributed by atoms with Gasteiger partial charge in [0.15, 0.2) is 0 Å². The number of nitrogens with zero attached hydrogens (tertiary/aromatic N) is 1. The van der Waals surface area contributed by atoms with Crippen LogP contribution in [-0.2, 0) is 13.0 Å². The topological polar surface area (TPSA) is 42.2 Å². The molecule has 0 atom stereocenters. The zero-order valence-electron chi connectivity index (χ0n) is 11.0. The number of rotatable bonds is 3. The van der Waals surface area contributed by atoms with Crippen LogP contribution in [0.3, 0.4) is 0 Å². The zero-order valence-corrected chi connectivity index (χ0v) is 12.6. The fourth-order valence-corrected chi connectivity index (χ4v) is 2.84. The van der Waals surface area contributed by atoms with Crippen LogP contribution in [0.5, 0.6) is 11.5 Å². The molecule has 0 bridgehead atoms. The first-order valence-electron chi connectivity index (χ1n) is 6.44. The van der Waals surface area contributed by atoms with Gasteiger partial charge < -0.3 is 9.47 Å². The summed E-state index contributed by atoms with van der Waals surface area (Å²) in [5, 5.41) is 8.70. The molecule has 0 N–H and O–H groups in total. The molecule has 106 valence electrons. The van der Waals surface area contributed by atoms with Crippen molar-refractivity contribution in [3.63, 3.8) is 0 Å². The molecule has 0 aromatic heterocycles. The molecule has 0 saturated heterocycles. The summed E-state index contributed by atoms with van der Waals surface area (Å²) >= 11 is 3.47. The van der Waals surface area contributed by atoms with Crippen LogP contribution in [0.25, 0.3) is 0 Å². The number of hydrogen-bond acceptors (Lipinski definition) is 3. The van der Waals surface area contributed by atoms with E-state index in [2.05, 4.69) is 15.9 Å². The van der Waals surface area contributed by atoms with Gasteiger partial charge in [-0.05, 0) is 29.8 Å². The molecule has 0 amide bonds. The molecule has 21 heavy (non-hydrogen) atoms. The Kier molecular flexibility index (Phi) is 3.80. The molecule has 1 aliphatic rings. The molecule has 0 aliphatic carbocycles. The first-order valence-corrected chi connectivity index (χ1v) is 7.23. The van der Waals surface area contributed by atoms with E-state index in [0.717, 1.165) is 27.8 Å². The summed E-state index contributed by atoms with van der Waals surface area (Å²) in [6.07, 6.45) is 0.882. The van der Waals surface area contributed by atoms with Crippen molar-refractivity contribution < 1.29 is 13.9 Å². The van der Waals surface area contributed by atoms with Gasteiger partial charge in [0.05, 0.1) is 12.2 Å². The maximum absolute atomic E-state index is 13.5. The van der Waals surface area contributed by atoms with Gasteiger partial charge in [-0.15, -0.1) is 0 Å².